The first kappa shape index (κ1) is 12.1. The molecule has 2 amide bonds. The van der Waals surface area contributed by atoms with Gasteiger partial charge in [0.2, 0.25) is 0 Å². The van der Waals surface area contributed by atoms with Gasteiger partial charge >= 0.3 is 0 Å². The van der Waals surface area contributed by atoms with E-state index in [-0.39, 0.29) is 11.8 Å². The SMILES string of the molecule is O=C1C=C(c2ccccc2)C(=O)N1C[C@@H]1CCNC1. The average Bonchev–Trinajstić information content (AvgIpc) is 3.03. The lowest BCUT2D eigenvalue weighted by atomic mass is 10.1. The Morgan fingerprint density at radius 3 is 2.68 bits per heavy atom. The van der Waals surface area contributed by atoms with Crippen LogP contribution in [-0.2, 0) is 9.59 Å². The van der Waals surface area contributed by atoms with Crippen LogP contribution in [-0.4, -0.2) is 36.3 Å². The number of amides is 2. The van der Waals surface area contributed by atoms with Crippen molar-refractivity contribution in [2.24, 2.45) is 5.92 Å². The van der Waals surface area contributed by atoms with Gasteiger partial charge in [0.15, 0.2) is 0 Å². The minimum absolute atomic E-state index is 0.164. The highest BCUT2D eigenvalue weighted by atomic mass is 16.2. The largest absolute Gasteiger partial charge is 0.316 e. The number of imide groups is 1. The van der Waals surface area contributed by atoms with Crippen molar-refractivity contribution in [1.29, 1.82) is 0 Å². The molecule has 0 aliphatic carbocycles. The molecular weight excluding hydrogens is 240 g/mol. The average molecular weight is 256 g/mol. The number of benzene rings is 1. The third-order valence-corrected chi connectivity index (χ3v) is 3.70. The van der Waals surface area contributed by atoms with Gasteiger partial charge < -0.3 is 5.32 Å². The van der Waals surface area contributed by atoms with Crippen molar-refractivity contribution in [2.75, 3.05) is 19.6 Å². The predicted octanol–water partition coefficient (Wildman–Crippen LogP) is 1.05. The summed E-state index contributed by atoms with van der Waals surface area (Å²) >= 11 is 0. The fraction of sp³-hybridized carbons (Fsp3) is 0.333. The van der Waals surface area contributed by atoms with Gasteiger partial charge in [0.05, 0.1) is 5.57 Å². The lowest BCUT2D eigenvalue weighted by Gasteiger charge is -2.18. The fourth-order valence-corrected chi connectivity index (χ4v) is 2.63. The summed E-state index contributed by atoms with van der Waals surface area (Å²) in [7, 11) is 0. The zero-order chi connectivity index (χ0) is 13.2. The molecule has 1 aromatic carbocycles. The summed E-state index contributed by atoms with van der Waals surface area (Å²) in [6, 6.07) is 9.36. The minimum atomic E-state index is -0.184. The standard InChI is InChI=1S/C15H16N2O2/c18-14-8-13(12-4-2-1-3-5-12)15(19)17(14)10-11-6-7-16-9-11/h1-5,8,11,16H,6-7,9-10H2/t11-/m1/s1. The van der Waals surface area contributed by atoms with Crippen molar-refractivity contribution in [3.8, 4) is 0 Å². The second kappa shape index (κ2) is 4.97. The maximum atomic E-state index is 12.3. The van der Waals surface area contributed by atoms with Crippen LogP contribution < -0.4 is 5.32 Å². The van der Waals surface area contributed by atoms with Gasteiger partial charge in [-0.1, -0.05) is 30.3 Å². The Balaban J connectivity index is 1.77. The first-order valence-electron chi connectivity index (χ1n) is 6.59. The van der Waals surface area contributed by atoms with Crippen molar-refractivity contribution in [2.45, 2.75) is 6.42 Å². The summed E-state index contributed by atoms with van der Waals surface area (Å²) in [5.74, 6) is 0.0373. The van der Waals surface area contributed by atoms with Crippen LogP contribution in [0.5, 0.6) is 0 Å². The molecule has 1 atom stereocenters. The molecule has 1 aromatic rings. The quantitative estimate of drug-likeness (QED) is 0.822. The van der Waals surface area contributed by atoms with Gasteiger partial charge in [-0.2, -0.15) is 0 Å². The normalized spacial score (nSPS) is 23.1. The first-order chi connectivity index (χ1) is 9.25. The molecule has 1 N–H and O–H groups in total. The Bertz CT molecular complexity index is 530. The molecule has 2 aliphatic rings. The number of hydrogen-bond acceptors (Lipinski definition) is 3. The van der Waals surface area contributed by atoms with E-state index in [1.165, 1.54) is 11.0 Å². The van der Waals surface area contributed by atoms with Crippen LogP contribution in [0.25, 0.3) is 5.57 Å². The van der Waals surface area contributed by atoms with Gasteiger partial charge in [-0.15, -0.1) is 0 Å². The number of nitrogens with zero attached hydrogens (tertiary/aromatic N) is 1. The summed E-state index contributed by atoms with van der Waals surface area (Å²) in [5, 5.41) is 3.25. The van der Waals surface area contributed by atoms with Gasteiger partial charge in [0.25, 0.3) is 11.8 Å². The molecular formula is C15H16N2O2. The molecule has 2 aliphatic heterocycles. The Labute approximate surface area is 112 Å². The van der Waals surface area contributed by atoms with Crippen molar-refractivity contribution >= 4 is 17.4 Å². The molecule has 98 valence electrons. The van der Waals surface area contributed by atoms with Crippen LogP contribution in [0.2, 0.25) is 0 Å². The van der Waals surface area contributed by atoms with E-state index >= 15 is 0 Å². The van der Waals surface area contributed by atoms with E-state index < -0.39 is 0 Å². The van der Waals surface area contributed by atoms with Crippen molar-refractivity contribution in [1.82, 2.24) is 10.2 Å². The summed E-state index contributed by atoms with van der Waals surface area (Å²) in [5.41, 5.74) is 1.32. The molecule has 0 spiro atoms. The number of rotatable bonds is 3. The molecule has 4 nitrogen and oxygen atoms in total. The highest BCUT2D eigenvalue weighted by Gasteiger charge is 2.33. The molecule has 19 heavy (non-hydrogen) atoms. The molecule has 1 fully saturated rings. The second-order valence-electron chi connectivity index (χ2n) is 5.04. The van der Waals surface area contributed by atoms with E-state index in [1.54, 1.807) is 0 Å². The van der Waals surface area contributed by atoms with Gasteiger partial charge in [0, 0.05) is 12.6 Å². The van der Waals surface area contributed by atoms with E-state index in [2.05, 4.69) is 5.32 Å². The Morgan fingerprint density at radius 1 is 1.21 bits per heavy atom. The zero-order valence-electron chi connectivity index (χ0n) is 10.6. The first-order valence-corrected chi connectivity index (χ1v) is 6.59. The highest BCUT2D eigenvalue weighted by molar-refractivity contribution is 6.33. The summed E-state index contributed by atoms with van der Waals surface area (Å²) in [4.78, 5) is 25.7. The third kappa shape index (κ3) is 2.31. The van der Waals surface area contributed by atoms with E-state index in [1.807, 2.05) is 30.3 Å². The lowest BCUT2D eigenvalue weighted by molar-refractivity contribution is -0.137. The van der Waals surface area contributed by atoms with Gasteiger partial charge in [-0.3, -0.25) is 14.5 Å². The van der Waals surface area contributed by atoms with Gasteiger partial charge in [-0.25, -0.2) is 0 Å². The van der Waals surface area contributed by atoms with Crippen molar-refractivity contribution in [3.63, 3.8) is 0 Å². The van der Waals surface area contributed by atoms with Crippen LogP contribution in [0.15, 0.2) is 36.4 Å². The summed E-state index contributed by atoms with van der Waals surface area (Å²) < 4.78 is 0. The summed E-state index contributed by atoms with van der Waals surface area (Å²) in [6.07, 6.45) is 2.48. The maximum Gasteiger partial charge on any atom is 0.261 e. The fourth-order valence-electron chi connectivity index (χ4n) is 2.63. The molecule has 0 unspecified atom stereocenters. The lowest BCUT2D eigenvalue weighted by Crippen LogP contribution is -2.36. The molecule has 3 rings (SSSR count). The van der Waals surface area contributed by atoms with E-state index in [0.717, 1.165) is 25.1 Å². The third-order valence-electron chi connectivity index (χ3n) is 3.70. The van der Waals surface area contributed by atoms with Gasteiger partial charge in [-0.05, 0) is 31.0 Å². The van der Waals surface area contributed by atoms with Gasteiger partial charge in [0.1, 0.15) is 0 Å². The molecule has 0 saturated carbocycles. The predicted molar refractivity (Wildman–Crippen MR) is 72.1 cm³/mol. The van der Waals surface area contributed by atoms with Crippen LogP contribution in [0.1, 0.15) is 12.0 Å². The van der Waals surface area contributed by atoms with Crippen molar-refractivity contribution in [3.05, 3.63) is 42.0 Å². The minimum Gasteiger partial charge on any atom is -0.316 e. The smallest absolute Gasteiger partial charge is 0.261 e. The Hall–Kier alpha value is -1.94. The Morgan fingerprint density at radius 2 is 2.00 bits per heavy atom. The summed E-state index contributed by atoms with van der Waals surface area (Å²) in [6.45, 7) is 2.38. The highest BCUT2D eigenvalue weighted by Crippen LogP contribution is 2.24. The number of carbonyl (C=O) groups excluding carboxylic acids is 2. The molecule has 0 bridgehead atoms. The van der Waals surface area contributed by atoms with Crippen LogP contribution >= 0.6 is 0 Å². The zero-order valence-corrected chi connectivity index (χ0v) is 10.6. The van der Waals surface area contributed by atoms with Crippen molar-refractivity contribution < 1.29 is 9.59 Å². The number of carbonyl (C=O) groups is 2. The van der Waals surface area contributed by atoms with E-state index in [0.29, 0.717) is 18.0 Å². The molecule has 1 saturated heterocycles. The number of nitrogens with one attached hydrogen (secondary N) is 1. The molecule has 4 heteroatoms. The monoisotopic (exact) mass is 256 g/mol. The number of hydrogen-bond donors (Lipinski definition) is 1. The molecule has 0 radical (unpaired) electrons. The maximum absolute atomic E-state index is 12.3. The van der Waals surface area contributed by atoms with Crippen LogP contribution in [0.3, 0.4) is 0 Å². The van der Waals surface area contributed by atoms with Crippen LogP contribution in [0.4, 0.5) is 0 Å². The topological polar surface area (TPSA) is 49.4 Å². The molecule has 0 aromatic heterocycles. The Kier molecular flexibility index (Phi) is 3.17. The van der Waals surface area contributed by atoms with E-state index in [9.17, 15) is 9.59 Å². The molecule has 2 heterocycles. The van der Waals surface area contributed by atoms with E-state index in [4.69, 9.17) is 0 Å². The van der Waals surface area contributed by atoms with Crippen LogP contribution in [0, 0.1) is 5.92 Å². The second-order valence-corrected chi connectivity index (χ2v) is 5.04.